The summed E-state index contributed by atoms with van der Waals surface area (Å²) in [5, 5.41) is 9.73. The van der Waals surface area contributed by atoms with E-state index in [1.807, 2.05) is 30.3 Å². The van der Waals surface area contributed by atoms with E-state index < -0.39 is 5.60 Å². The third-order valence-electron chi connectivity index (χ3n) is 2.96. The number of likely N-dealkylation sites (N-methyl/N-ethyl adjacent to an activating group) is 1. The quantitative estimate of drug-likeness (QED) is 0.800. The predicted octanol–water partition coefficient (Wildman–Crippen LogP) is 2.58. The van der Waals surface area contributed by atoms with Gasteiger partial charge in [-0.05, 0) is 19.4 Å². The molecule has 0 radical (unpaired) electrons. The van der Waals surface area contributed by atoms with Crippen LogP contribution in [0.5, 0.6) is 0 Å². The predicted molar refractivity (Wildman–Crippen MR) is 77.9 cm³/mol. The zero-order valence-corrected chi connectivity index (χ0v) is 12.0. The first-order chi connectivity index (χ1) is 8.83. The third kappa shape index (κ3) is 5.26. The summed E-state index contributed by atoms with van der Waals surface area (Å²) < 4.78 is 0. The maximum Gasteiger partial charge on any atom is 0.223 e. The molecular weight excluding hydrogens is 238 g/mol. The number of nitrogens with zero attached hydrogens (tertiary/aromatic N) is 1. The highest BCUT2D eigenvalue weighted by molar-refractivity contribution is 5.77. The molecule has 0 aliphatic rings. The number of carbonyl (C=O) groups excluding carboxylic acids is 1. The van der Waals surface area contributed by atoms with Gasteiger partial charge in [0.15, 0.2) is 0 Å². The Hall–Kier alpha value is -1.61. The van der Waals surface area contributed by atoms with Crippen LogP contribution in [0.2, 0.25) is 0 Å². The molecule has 3 nitrogen and oxygen atoms in total. The van der Waals surface area contributed by atoms with E-state index in [0.29, 0.717) is 13.0 Å². The highest BCUT2D eigenvalue weighted by Crippen LogP contribution is 2.21. The molecule has 19 heavy (non-hydrogen) atoms. The molecule has 1 aromatic carbocycles. The third-order valence-corrected chi connectivity index (χ3v) is 2.96. The Bertz CT molecular complexity index is 420. The Morgan fingerprint density at radius 1 is 1.42 bits per heavy atom. The Labute approximate surface area is 115 Å². The van der Waals surface area contributed by atoms with Crippen LogP contribution in [-0.4, -0.2) is 35.1 Å². The summed E-state index contributed by atoms with van der Waals surface area (Å²) in [6, 6.07) is 9.85. The van der Waals surface area contributed by atoms with Crippen LogP contribution in [0, 0.1) is 0 Å². The van der Waals surface area contributed by atoms with E-state index in [2.05, 4.69) is 6.58 Å². The van der Waals surface area contributed by atoms with Gasteiger partial charge in [0.25, 0.3) is 0 Å². The van der Waals surface area contributed by atoms with Crippen molar-refractivity contribution in [1.29, 1.82) is 0 Å². The van der Waals surface area contributed by atoms with Gasteiger partial charge in [-0.1, -0.05) is 36.4 Å². The van der Waals surface area contributed by atoms with Crippen molar-refractivity contribution in [3.05, 3.63) is 48.6 Å². The van der Waals surface area contributed by atoms with Gasteiger partial charge in [-0.15, -0.1) is 6.58 Å². The lowest BCUT2D eigenvalue weighted by Crippen LogP contribution is -2.40. The van der Waals surface area contributed by atoms with Crippen molar-refractivity contribution >= 4 is 5.91 Å². The van der Waals surface area contributed by atoms with Crippen LogP contribution in [-0.2, 0) is 4.79 Å². The number of aliphatic hydroxyl groups is 1. The Balaban J connectivity index is 2.67. The van der Waals surface area contributed by atoms with Crippen molar-refractivity contribution in [3.63, 3.8) is 0 Å². The van der Waals surface area contributed by atoms with Crippen molar-refractivity contribution in [1.82, 2.24) is 4.90 Å². The van der Waals surface area contributed by atoms with Gasteiger partial charge < -0.3 is 10.0 Å². The van der Waals surface area contributed by atoms with E-state index in [0.717, 1.165) is 5.56 Å². The molecule has 0 aliphatic carbocycles. The number of carbonyl (C=O) groups is 1. The molecule has 1 rings (SSSR count). The minimum absolute atomic E-state index is 0.0101. The largest absolute Gasteiger partial charge is 0.389 e. The number of amides is 1. The molecule has 0 aliphatic heterocycles. The Morgan fingerprint density at radius 3 is 2.47 bits per heavy atom. The number of hydrogen-bond acceptors (Lipinski definition) is 2. The van der Waals surface area contributed by atoms with E-state index in [4.69, 9.17) is 0 Å². The molecule has 0 saturated carbocycles. The van der Waals surface area contributed by atoms with Crippen molar-refractivity contribution in [3.8, 4) is 0 Å². The van der Waals surface area contributed by atoms with E-state index in [1.165, 1.54) is 0 Å². The van der Waals surface area contributed by atoms with Gasteiger partial charge in [-0.25, -0.2) is 0 Å². The van der Waals surface area contributed by atoms with E-state index in [9.17, 15) is 9.90 Å². The molecule has 3 heteroatoms. The number of benzene rings is 1. The maximum atomic E-state index is 12.1. The molecular formula is C16H23NO2. The second-order valence-corrected chi connectivity index (χ2v) is 5.52. The normalized spacial score (nSPS) is 12.8. The van der Waals surface area contributed by atoms with Crippen LogP contribution >= 0.6 is 0 Å². The summed E-state index contributed by atoms with van der Waals surface area (Å²) in [5.41, 5.74) is 0.211. The van der Waals surface area contributed by atoms with Gasteiger partial charge in [-0.2, -0.15) is 0 Å². The number of allylic oxidation sites excluding steroid dienone is 1. The van der Waals surface area contributed by atoms with Gasteiger partial charge in [-0.3, -0.25) is 4.79 Å². The lowest BCUT2D eigenvalue weighted by Gasteiger charge is -2.26. The SMILES string of the molecule is C=CC(CC(=O)N(C)CC(C)(C)O)c1ccccc1. The molecule has 1 amide bonds. The Morgan fingerprint density at radius 2 is 2.00 bits per heavy atom. The fraction of sp³-hybridized carbons (Fsp3) is 0.438. The van der Waals surface area contributed by atoms with Crippen molar-refractivity contribution in [2.24, 2.45) is 0 Å². The summed E-state index contributed by atoms with van der Waals surface area (Å²) in [6.07, 6.45) is 2.17. The second kappa shape index (κ2) is 6.53. The van der Waals surface area contributed by atoms with Crippen molar-refractivity contribution in [2.45, 2.75) is 31.8 Å². The average molecular weight is 261 g/mol. The number of hydrogen-bond donors (Lipinski definition) is 1. The van der Waals surface area contributed by atoms with E-state index in [-0.39, 0.29) is 11.8 Å². The molecule has 0 bridgehead atoms. The molecule has 1 aromatic rings. The lowest BCUT2D eigenvalue weighted by atomic mass is 9.95. The molecule has 0 heterocycles. The van der Waals surface area contributed by atoms with Crippen LogP contribution < -0.4 is 0 Å². The summed E-state index contributed by atoms with van der Waals surface area (Å²) in [4.78, 5) is 13.7. The minimum atomic E-state index is -0.874. The van der Waals surface area contributed by atoms with Crippen molar-refractivity contribution < 1.29 is 9.90 Å². The fourth-order valence-electron chi connectivity index (χ4n) is 2.05. The molecule has 0 saturated heterocycles. The summed E-state index contributed by atoms with van der Waals surface area (Å²) in [5.74, 6) is 0.0221. The van der Waals surface area contributed by atoms with Crippen molar-refractivity contribution in [2.75, 3.05) is 13.6 Å². The molecule has 1 N–H and O–H groups in total. The summed E-state index contributed by atoms with van der Waals surface area (Å²) in [6.45, 7) is 7.51. The molecule has 0 aromatic heterocycles. The molecule has 1 atom stereocenters. The average Bonchev–Trinajstić information content (AvgIpc) is 2.34. The van der Waals surface area contributed by atoms with Crippen LogP contribution in [0.25, 0.3) is 0 Å². The highest BCUT2D eigenvalue weighted by Gasteiger charge is 2.21. The minimum Gasteiger partial charge on any atom is -0.389 e. The summed E-state index contributed by atoms with van der Waals surface area (Å²) in [7, 11) is 1.71. The monoisotopic (exact) mass is 261 g/mol. The maximum absolute atomic E-state index is 12.1. The van der Waals surface area contributed by atoms with E-state index >= 15 is 0 Å². The first-order valence-corrected chi connectivity index (χ1v) is 6.47. The standard InChI is InChI=1S/C16H23NO2/c1-5-13(14-9-7-6-8-10-14)11-15(18)17(4)12-16(2,3)19/h5-10,13,19H,1,11-12H2,2-4H3. The first kappa shape index (κ1) is 15.4. The highest BCUT2D eigenvalue weighted by atomic mass is 16.3. The van der Waals surface area contributed by atoms with Crippen LogP contribution in [0.15, 0.2) is 43.0 Å². The zero-order valence-electron chi connectivity index (χ0n) is 12.0. The second-order valence-electron chi connectivity index (χ2n) is 5.52. The van der Waals surface area contributed by atoms with E-state index in [1.54, 1.807) is 31.9 Å². The smallest absolute Gasteiger partial charge is 0.223 e. The topological polar surface area (TPSA) is 40.5 Å². The molecule has 104 valence electrons. The van der Waals surface area contributed by atoms with Gasteiger partial charge in [0.2, 0.25) is 5.91 Å². The molecule has 1 unspecified atom stereocenters. The zero-order chi connectivity index (χ0) is 14.5. The van der Waals surface area contributed by atoms with Gasteiger partial charge in [0, 0.05) is 25.9 Å². The van der Waals surface area contributed by atoms with Gasteiger partial charge >= 0.3 is 0 Å². The fourth-order valence-corrected chi connectivity index (χ4v) is 2.05. The first-order valence-electron chi connectivity index (χ1n) is 6.47. The molecule has 0 spiro atoms. The lowest BCUT2D eigenvalue weighted by molar-refractivity contribution is -0.132. The van der Waals surface area contributed by atoms with Crippen LogP contribution in [0.4, 0.5) is 0 Å². The number of rotatable bonds is 6. The van der Waals surface area contributed by atoms with Gasteiger partial charge in [0.05, 0.1) is 5.60 Å². The molecule has 0 fully saturated rings. The Kier molecular flexibility index (Phi) is 5.31. The summed E-state index contributed by atoms with van der Waals surface area (Å²) >= 11 is 0. The van der Waals surface area contributed by atoms with Crippen LogP contribution in [0.3, 0.4) is 0 Å². The van der Waals surface area contributed by atoms with Gasteiger partial charge in [0.1, 0.15) is 0 Å². The van der Waals surface area contributed by atoms with Crippen LogP contribution in [0.1, 0.15) is 31.7 Å².